The molecule has 1 aromatic rings. The Morgan fingerprint density at radius 3 is 1.84 bits per heavy atom. The molecule has 0 amide bonds. The van der Waals surface area contributed by atoms with Gasteiger partial charge in [-0.15, -0.1) is 11.1 Å². The summed E-state index contributed by atoms with van der Waals surface area (Å²) in [6.45, 7) is 14.6. The number of ether oxygens (including phenoxy) is 5. The molecule has 8 nitrogen and oxygen atoms in total. The van der Waals surface area contributed by atoms with Crippen LogP contribution in [0, 0.1) is 30.9 Å². The van der Waals surface area contributed by atoms with Crippen LogP contribution in [0.3, 0.4) is 0 Å². The number of hydrogen-bond acceptors (Lipinski definition) is 6. The minimum Gasteiger partial charge on any atom is -0.542 e. The summed E-state index contributed by atoms with van der Waals surface area (Å²) in [5, 5.41) is 0. The van der Waals surface area contributed by atoms with Crippen LogP contribution in [-0.4, -0.2) is 48.4 Å². The second kappa shape index (κ2) is 13.2. The maximum atomic E-state index is 9.89. The molecule has 0 spiro atoms. The van der Waals surface area contributed by atoms with E-state index in [1.165, 1.54) is 0 Å². The van der Waals surface area contributed by atoms with Gasteiger partial charge in [-0.3, -0.25) is 0 Å². The first-order valence-corrected chi connectivity index (χ1v) is 9.54. The van der Waals surface area contributed by atoms with Crippen molar-refractivity contribution in [2.24, 2.45) is 0 Å². The summed E-state index contributed by atoms with van der Waals surface area (Å²) in [4.78, 5) is 9.89. The third kappa shape index (κ3) is 7.14. The first-order chi connectivity index (χ1) is 14.9. The predicted molar refractivity (Wildman–Crippen MR) is 110 cm³/mol. The van der Waals surface area contributed by atoms with Gasteiger partial charge in [-0.1, -0.05) is 0 Å². The molecule has 172 valence electrons. The van der Waals surface area contributed by atoms with E-state index in [0.717, 1.165) is 11.1 Å². The van der Waals surface area contributed by atoms with E-state index in [2.05, 4.69) is 24.2 Å². The SMILES string of the molecule is C=[N+]1C=C(OCC)O[C-]1c1[c-]c([C-]2OC(OCC)=C[N+]2=C)ccc1.[C-]#CC(=O)OCC.[Pt+2]. The molecule has 0 radical (unpaired) electrons. The van der Waals surface area contributed by atoms with Gasteiger partial charge in [0.15, 0.2) is 0 Å². The summed E-state index contributed by atoms with van der Waals surface area (Å²) in [5.74, 6) is 1.66. The monoisotopic (exact) mass is 619 g/mol. The quantitative estimate of drug-likeness (QED) is 0.202. The summed E-state index contributed by atoms with van der Waals surface area (Å²) in [6, 6.07) is 8.88. The minimum atomic E-state index is -0.706. The molecule has 0 unspecified atom stereocenters. The molecule has 1 aromatic carbocycles. The van der Waals surface area contributed by atoms with Gasteiger partial charge < -0.3 is 44.1 Å². The van der Waals surface area contributed by atoms with E-state index in [-0.39, 0.29) is 21.1 Å². The molecule has 0 saturated heterocycles. The molecular formula is C23H24N2O6Pt. The molecule has 3 rings (SSSR count). The average molecular weight is 620 g/mol. The summed E-state index contributed by atoms with van der Waals surface area (Å²) >= 11 is 0. The van der Waals surface area contributed by atoms with E-state index < -0.39 is 5.97 Å². The fraction of sp³-hybridized carbons (Fsp3) is 0.261. The number of carbonyl (C=O) groups is 1. The molecule has 0 N–H and O–H groups in total. The van der Waals surface area contributed by atoms with Crippen molar-refractivity contribution in [1.29, 1.82) is 0 Å². The Kier molecular flexibility index (Phi) is 11.0. The van der Waals surface area contributed by atoms with E-state index >= 15 is 0 Å². The van der Waals surface area contributed by atoms with Crippen LogP contribution in [0.25, 0.3) is 0 Å². The van der Waals surface area contributed by atoms with Crippen LogP contribution in [-0.2, 0) is 49.5 Å². The Hall–Kier alpha value is -3.30. The number of esters is 1. The van der Waals surface area contributed by atoms with Gasteiger partial charge in [0, 0.05) is 13.4 Å². The van der Waals surface area contributed by atoms with Gasteiger partial charge in [-0.05, 0) is 20.8 Å². The molecule has 0 saturated carbocycles. The maximum absolute atomic E-state index is 9.89. The number of hydrogen-bond donors (Lipinski definition) is 0. The number of carbonyl (C=O) groups excluding carboxylic acids is 1. The van der Waals surface area contributed by atoms with Crippen molar-refractivity contribution in [2.75, 3.05) is 19.8 Å². The van der Waals surface area contributed by atoms with Crippen molar-refractivity contribution in [3.8, 4) is 5.92 Å². The first-order valence-electron chi connectivity index (χ1n) is 9.54. The normalized spacial score (nSPS) is 13.9. The number of nitrogens with zero attached hydrogens (tertiary/aromatic N) is 2. The third-order valence-electron chi connectivity index (χ3n) is 3.65. The molecule has 2 aliphatic heterocycles. The fourth-order valence-electron chi connectivity index (χ4n) is 2.46. The molecule has 0 fully saturated rings. The van der Waals surface area contributed by atoms with Crippen molar-refractivity contribution in [3.63, 3.8) is 0 Å². The molecule has 0 atom stereocenters. The van der Waals surface area contributed by atoms with Gasteiger partial charge in [-0.2, -0.15) is 18.2 Å². The van der Waals surface area contributed by atoms with Crippen LogP contribution >= 0.6 is 0 Å². The van der Waals surface area contributed by atoms with Gasteiger partial charge in [0.1, 0.15) is 12.4 Å². The first kappa shape index (κ1) is 26.7. The summed E-state index contributed by atoms with van der Waals surface area (Å²) in [5.41, 5.74) is 1.45. The van der Waals surface area contributed by atoms with E-state index in [1.54, 1.807) is 34.4 Å². The van der Waals surface area contributed by atoms with Crippen LogP contribution in [0.5, 0.6) is 0 Å². The Bertz CT molecular complexity index is 877. The predicted octanol–water partition coefficient (Wildman–Crippen LogP) is 2.46. The Morgan fingerprint density at radius 1 is 1.03 bits per heavy atom. The Balaban J connectivity index is 0.000000558. The number of rotatable bonds is 7. The van der Waals surface area contributed by atoms with Gasteiger partial charge in [0.2, 0.25) is 18.4 Å². The summed E-state index contributed by atoms with van der Waals surface area (Å²) in [6.07, 6.45) is 10.6. The van der Waals surface area contributed by atoms with E-state index in [0.29, 0.717) is 44.2 Å². The van der Waals surface area contributed by atoms with Crippen molar-refractivity contribution < 1.29 is 58.7 Å². The standard InChI is InChI=1S/C18H19N2O4.C5H5O2.Pt/c1-5-21-15-11-19(3)17(23-15)13-8-7-9-14(10-13)18-20(4)12-16(24-18)22-6-2;1-3-5(6)7-4-2;/h7-9,11-12H,3-6H2,1-2H3;4H2,2H3;/q2*-1;+2. The zero-order chi connectivity index (χ0) is 22.8. The summed E-state index contributed by atoms with van der Waals surface area (Å²) in [7, 11) is 0. The van der Waals surface area contributed by atoms with Gasteiger partial charge in [0.05, 0.1) is 19.8 Å². The van der Waals surface area contributed by atoms with Crippen LogP contribution in [0.1, 0.15) is 31.9 Å². The van der Waals surface area contributed by atoms with Crippen molar-refractivity contribution in [1.82, 2.24) is 0 Å². The molecular weight excluding hydrogens is 595 g/mol. The van der Waals surface area contributed by atoms with Crippen LogP contribution in [0.4, 0.5) is 0 Å². The van der Waals surface area contributed by atoms with E-state index in [4.69, 9.17) is 25.4 Å². The second-order valence-electron chi connectivity index (χ2n) is 5.84. The van der Waals surface area contributed by atoms with Gasteiger partial charge in [0.25, 0.3) is 11.9 Å². The molecule has 2 heterocycles. The molecule has 32 heavy (non-hydrogen) atoms. The average Bonchev–Trinajstić information content (AvgIpc) is 3.31. The molecule has 0 aliphatic carbocycles. The third-order valence-corrected chi connectivity index (χ3v) is 3.65. The zero-order valence-electron chi connectivity index (χ0n) is 18.1. The van der Waals surface area contributed by atoms with Crippen LogP contribution in [0.15, 0.2) is 42.5 Å². The molecule has 0 aromatic heterocycles. The fourth-order valence-corrected chi connectivity index (χ4v) is 2.46. The van der Waals surface area contributed by atoms with Crippen molar-refractivity contribution >= 4 is 19.4 Å². The van der Waals surface area contributed by atoms with Crippen molar-refractivity contribution in [2.45, 2.75) is 20.8 Å². The zero-order valence-corrected chi connectivity index (χ0v) is 20.4. The second-order valence-corrected chi connectivity index (χ2v) is 5.84. The molecule has 0 bridgehead atoms. The maximum Gasteiger partial charge on any atom is 2.00 e. The summed E-state index contributed by atoms with van der Waals surface area (Å²) < 4.78 is 29.5. The van der Waals surface area contributed by atoms with Gasteiger partial charge >= 0.3 is 21.1 Å². The minimum absolute atomic E-state index is 0. The van der Waals surface area contributed by atoms with Crippen LogP contribution in [0.2, 0.25) is 0 Å². The Morgan fingerprint density at radius 2 is 1.50 bits per heavy atom. The topological polar surface area (TPSA) is 69.2 Å². The largest absolute Gasteiger partial charge is 2.00 e. The van der Waals surface area contributed by atoms with E-state index in [9.17, 15) is 4.79 Å². The van der Waals surface area contributed by atoms with Gasteiger partial charge in [-0.25, -0.2) is 12.0 Å². The smallest absolute Gasteiger partial charge is 0.542 e. The van der Waals surface area contributed by atoms with E-state index in [1.807, 2.05) is 32.0 Å². The molecule has 2 aliphatic rings. The van der Waals surface area contributed by atoms with Crippen molar-refractivity contribution in [3.05, 3.63) is 78.6 Å². The Labute approximate surface area is 203 Å². The molecule has 9 heteroatoms. The van der Waals surface area contributed by atoms with Crippen LogP contribution < -0.4 is 0 Å². The number of benzene rings is 1.